The number of azo groups is 1. The summed E-state index contributed by atoms with van der Waals surface area (Å²) in [6.07, 6.45) is 1.54. The molecule has 9 heteroatoms. The quantitative estimate of drug-likeness (QED) is 0.174. The Labute approximate surface area is 169 Å². The van der Waals surface area contributed by atoms with E-state index in [1.165, 1.54) is 18.3 Å². The van der Waals surface area contributed by atoms with Crippen molar-refractivity contribution < 1.29 is 37.6 Å². The van der Waals surface area contributed by atoms with Crippen LogP contribution in [0, 0.1) is 0 Å². The van der Waals surface area contributed by atoms with Gasteiger partial charge in [0.2, 0.25) is 0 Å². The zero-order valence-corrected chi connectivity index (χ0v) is 19.5. The third-order valence-electron chi connectivity index (χ3n) is 3.21. The minimum Gasteiger partial charge on any atom is -0.478 e. The number of nitrogens with zero attached hydrogens (tertiary/aromatic N) is 5. The van der Waals surface area contributed by atoms with Crippen molar-refractivity contribution in [1.82, 2.24) is 9.97 Å². The summed E-state index contributed by atoms with van der Waals surface area (Å²) >= 11 is 0. The van der Waals surface area contributed by atoms with Crippen molar-refractivity contribution in [3.8, 4) is 0 Å². The number of hydrazone groups is 1. The number of aromatic carboxylic acids is 1. The third-order valence-corrected chi connectivity index (χ3v) is 3.21. The molecule has 0 fully saturated rings. The van der Waals surface area contributed by atoms with E-state index >= 15 is 0 Å². The second-order valence-electron chi connectivity index (χ2n) is 5.07. The smallest absolute Gasteiger partial charge is 0.335 e. The second-order valence-corrected chi connectivity index (χ2v) is 5.07. The summed E-state index contributed by atoms with van der Waals surface area (Å²) < 4.78 is 0. The zero-order valence-electron chi connectivity index (χ0n) is 14.0. The molecule has 3 aromatic rings. The van der Waals surface area contributed by atoms with Crippen molar-refractivity contribution in [2.75, 3.05) is 5.43 Å². The van der Waals surface area contributed by atoms with E-state index in [9.17, 15) is 4.79 Å². The fraction of sp³-hybridized carbons (Fsp3) is 0.0588. The Bertz CT molecular complexity index is 972. The molecule has 126 valence electrons. The first-order chi connectivity index (χ1) is 12.1. The van der Waals surface area contributed by atoms with E-state index in [2.05, 4.69) is 30.7 Å². The fourth-order valence-electron chi connectivity index (χ4n) is 1.97. The SMILES string of the molecule is C/C(N=Nc1cnc2ccccc2n1)=N\Nc1ccc(C(=O)O)cc1.[Hg]. The number of hydrogen-bond donors (Lipinski definition) is 2. The topological polar surface area (TPSA) is 112 Å². The van der Waals surface area contributed by atoms with Gasteiger partial charge in [-0.05, 0) is 43.3 Å². The molecule has 0 atom stereocenters. The van der Waals surface area contributed by atoms with Gasteiger partial charge in [-0.3, -0.25) is 10.4 Å². The maximum absolute atomic E-state index is 10.8. The van der Waals surface area contributed by atoms with Gasteiger partial charge in [0, 0.05) is 27.7 Å². The number of carboxylic acid groups (broad SMARTS) is 1. The molecule has 0 bridgehead atoms. The summed E-state index contributed by atoms with van der Waals surface area (Å²) in [6, 6.07) is 13.7. The van der Waals surface area contributed by atoms with E-state index < -0.39 is 5.97 Å². The van der Waals surface area contributed by atoms with E-state index in [0.29, 0.717) is 17.3 Å². The van der Waals surface area contributed by atoms with E-state index in [1.54, 1.807) is 19.1 Å². The van der Waals surface area contributed by atoms with Crippen LogP contribution in [0.4, 0.5) is 11.5 Å². The summed E-state index contributed by atoms with van der Waals surface area (Å²) in [5.41, 5.74) is 5.17. The van der Waals surface area contributed by atoms with Gasteiger partial charge in [0.25, 0.3) is 0 Å². The average molecular weight is 535 g/mol. The molecule has 3 rings (SSSR count). The Hall–Kier alpha value is -2.74. The van der Waals surface area contributed by atoms with Gasteiger partial charge in [0.1, 0.15) is 0 Å². The number of aromatic nitrogens is 2. The Morgan fingerprint density at radius 3 is 2.46 bits per heavy atom. The molecule has 2 N–H and O–H groups in total. The van der Waals surface area contributed by atoms with Crippen LogP contribution in [-0.4, -0.2) is 26.9 Å². The van der Waals surface area contributed by atoms with Gasteiger partial charge in [0.15, 0.2) is 11.7 Å². The molecule has 0 aliphatic rings. The Balaban J connectivity index is 0.00000243. The first-order valence-electron chi connectivity index (χ1n) is 7.39. The van der Waals surface area contributed by atoms with Crippen LogP contribution in [0.3, 0.4) is 0 Å². The monoisotopic (exact) mass is 536 g/mol. The van der Waals surface area contributed by atoms with Crippen LogP contribution in [0.2, 0.25) is 0 Å². The number of carbonyl (C=O) groups is 1. The Morgan fingerprint density at radius 2 is 1.77 bits per heavy atom. The summed E-state index contributed by atoms with van der Waals surface area (Å²) in [6.45, 7) is 1.68. The van der Waals surface area contributed by atoms with Crippen LogP contribution in [0.25, 0.3) is 11.0 Å². The molecule has 0 aliphatic heterocycles. The number of benzene rings is 2. The maximum Gasteiger partial charge on any atom is 0.335 e. The predicted octanol–water partition coefficient (Wildman–Crippen LogP) is 3.85. The molecule has 0 spiro atoms. The molecule has 1 heterocycles. The zero-order chi connectivity index (χ0) is 17.6. The Kier molecular flexibility index (Phi) is 6.85. The van der Waals surface area contributed by atoms with Gasteiger partial charge >= 0.3 is 5.97 Å². The van der Waals surface area contributed by atoms with Gasteiger partial charge in [-0.2, -0.15) is 5.10 Å². The summed E-state index contributed by atoms with van der Waals surface area (Å²) in [5.74, 6) is -0.201. The van der Waals surface area contributed by atoms with Gasteiger partial charge in [-0.25, -0.2) is 9.78 Å². The molecule has 0 saturated heterocycles. The molecule has 1 aromatic heterocycles. The van der Waals surface area contributed by atoms with Gasteiger partial charge in [0.05, 0.1) is 28.5 Å². The number of amidine groups is 1. The van der Waals surface area contributed by atoms with Crippen LogP contribution in [0.15, 0.2) is 70.1 Å². The van der Waals surface area contributed by atoms with Crippen LogP contribution in [0.1, 0.15) is 17.3 Å². The molecular weight excluding hydrogens is 521 g/mol. The number of fused-ring (bicyclic) bond motifs is 1. The number of para-hydroxylation sites is 2. The van der Waals surface area contributed by atoms with E-state index in [4.69, 9.17) is 5.11 Å². The number of carboxylic acids is 1. The molecule has 0 radical (unpaired) electrons. The van der Waals surface area contributed by atoms with Crippen molar-refractivity contribution in [2.45, 2.75) is 6.92 Å². The third kappa shape index (κ3) is 5.12. The first kappa shape index (κ1) is 19.6. The fourth-order valence-corrected chi connectivity index (χ4v) is 1.97. The van der Waals surface area contributed by atoms with E-state index in [1.807, 2.05) is 24.3 Å². The minimum atomic E-state index is -0.975. The van der Waals surface area contributed by atoms with Crippen LogP contribution >= 0.6 is 0 Å². The number of hydrogen-bond acceptors (Lipinski definition) is 6. The van der Waals surface area contributed by atoms with Crippen molar-refractivity contribution in [3.05, 3.63) is 60.3 Å². The van der Waals surface area contributed by atoms with Crippen LogP contribution in [0.5, 0.6) is 0 Å². The molecule has 0 saturated carbocycles. The summed E-state index contributed by atoms with van der Waals surface area (Å²) in [4.78, 5) is 19.4. The number of nitrogens with one attached hydrogen (secondary N) is 1. The maximum atomic E-state index is 10.8. The predicted molar refractivity (Wildman–Crippen MR) is 94.2 cm³/mol. The molecule has 0 unspecified atom stereocenters. The van der Waals surface area contributed by atoms with E-state index in [-0.39, 0.29) is 33.2 Å². The van der Waals surface area contributed by atoms with Crippen molar-refractivity contribution in [2.24, 2.45) is 15.3 Å². The molecule has 8 nitrogen and oxygen atoms in total. The number of anilines is 1. The van der Waals surface area contributed by atoms with E-state index in [0.717, 1.165) is 11.0 Å². The van der Waals surface area contributed by atoms with Gasteiger partial charge < -0.3 is 5.11 Å². The first-order valence-corrected chi connectivity index (χ1v) is 7.39. The molecular formula is C17H14HgN6O2. The standard InChI is InChI=1S/C17H14N6O2.Hg/c1-11(20-22-13-8-6-12(7-9-13)17(24)25)21-23-16-10-18-14-4-2-3-5-15(14)19-16;/h2-10,22H,1H3,(H,24,25);/b20-11+,23-21?;. The molecule has 26 heavy (non-hydrogen) atoms. The van der Waals surface area contributed by atoms with Gasteiger partial charge in [-0.15, -0.1) is 10.2 Å². The molecule has 0 amide bonds. The van der Waals surface area contributed by atoms with Crippen molar-refractivity contribution in [3.63, 3.8) is 0 Å². The summed E-state index contributed by atoms with van der Waals surface area (Å²) in [5, 5.41) is 20.9. The number of rotatable bonds is 4. The minimum absolute atomic E-state index is 0. The molecule has 0 aliphatic carbocycles. The van der Waals surface area contributed by atoms with Crippen LogP contribution in [-0.2, 0) is 27.7 Å². The van der Waals surface area contributed by atoms with Gasteiger partial charge in [-0.1, -0.05) is 12.1 Å². The molecule has 2 aromatic carbocycles. The summed E-state index contributed by atoms with van der Waals surface area (Å²) in [7, 11) is 0. The van der Waals surface area contributed by atoms with Crippen molar-refractivity contribution in [1.29, 1.82) is 0 Å². The average Bonchev–Trinajstić information content (AvgIpc) is 2.65. The van der Waals surface area contributed by atoms with Crippen molar-refractivity contribution >= 4 is 34.3 Å². The second kappa shape index (κ2) is 9.09. The van der Waals surface area contributed by atoms with Crippen LogP contribution < -0.4 is 5.43 Å². The Morgan fingerprint density at radius 1 is 1.08 bits per heavy atom. The largest absolute Gasteiger partial charge is 0.478 e. The normalized spacial score (nSPS) is 11.3.